The van der Waals surface area contributed by atoms with Gasteiger partial charge in [-0.3, -0.25) is 15.1 Å². The van der Waals surface area contributed by atoms with Gasteiger partial charge in [-0.25, -0.2) is 8.78 Å². The summed E-state index contributed by atoms with van der Waals surface area (Å²) in [6, 6.07) is 2.87. The van der Waals surface area contributed by atoms with Gasteiger partial charge in [0.1, 0.15) is 0 Å². The third kappa shape index (κ3) is 4.85. The first-order chi connectivity index (χ1) is 8.48. The standard InChI is InChI=1S/C12H15F2N3O.2ClH/c1-8-3-2-4-15-10(8)6-16-11(18)9-5-12(13,14)7-17-9;;/h2-4,9,17H,5-7H2,1H3,(H,16,18);2*1H. The molecule has 1 atom stereocenters. The van der Waals surface area contributed by atoms with E-state index in [2.05, 4.69) is 15.6 Å². The molecule has 4 nitrogen and oxygen atoms in total. The number of nitrogens with one attached hydrogen (secondary N) is 2. The average Bonchev–Trinajstić information content (AvgIpc) is 2.68. The first kappa shape index (κ1) is 19.0. The van der Waals surface area contributed by atoms with E-state index in [1.54, 1.807) is 12.3 Å². The molecule has 1 aliphatic rings. The lowest BCUT2D eigenvalue weighted by Gasteiger charge is -2.11. The molecule has 0 radical (unpaired) electrons. The Morgan fingerprint density at radius 2 is 2.25 bits per heavy atom. The van der Waals surface area contributed by atoms with Gasteiger partial charge in [0.05, 0.1) is 24.8 Å². The van der Waals surface area contributed by atoms with Crippen molar-refractivity contribution in [1.82, 2.24) is 15.6 Å². The predicted molar refractivity (Wildman–Crippen MR) is 76.7 cm³/mol. The van der Waals surface area contributed by atoms with Crippen LogP contribution in [0.1, 0.15) is 17.7 Å². The van der Waals surface area contributed by atoms with E-state index < -0.39 is 30.8 Å². The van der Waals surface area contributed by atoms with Crippen molar-refractivity contribution in [3.8, 4) is 0 Å². The Morgan fingerprint density at radius 3 is 2.80 bits per heavy atom. The van der Waals surface area contributed by atoms with Gasteiger partial charge in [-0.15, -0.1) is 24.8 Å². The van der Waals surface area contributed by atoms with Crippen molar-refractivity contribution in [2.75, 3.05) is 6.54 Å². The fourth-order valence-electron chi connectivity index (χ4n) is 1.90. The molecular formula is C12H17Cl2F2N3O. The van der Waals surface area contributed by atoms with Crippen molar-refractivity contribution < 1.29 is 13.6 Å². The number of rotatable bonds is 3. The van der Waals surface area contributed by atoms with E-state index in [1.165, 1.54) is 0 Å². The molecule has 0 bridgehead atoms. The number of pyridine rings is 1. The van der Waals surface area contributed by atoms with E-state index in [0.717, 1.165) is 11.3 Å². The van der Waals surface area contributed by atoms with E-state index >= 15 is 0 Å². The molecule has 8 heteroatoms. The van der Waals surface area contributed by atoms with Crippen molar-refractivity contribution in [1.29, 1.82) is 0 Å². The van der Waals surface area contributed by atoms with Crippen LogP contribution in [0.2, 0.25) is 0 Å². The number of amides is 1. The maximum Gasteiger partial charge on any atom is 0.262 e. The maximum atomic E-state index is 12.9. The minimum absolute atomic E-state index is 0. The minimum atomic E-state index is -2.79. The Kier molecular flexibility index (Phi) is 7.33. The molecule has 20 heavy (non-hydrogen) atoms. The summed E-state index contributed by atoms with van der Waals surface area (Å²) in [6.07, 6.45) is 1.19. The zero-order valence-electron chi connectivity index (χ0n) is 10.9. The van der Waals surface area contributed by atoms with Gasteiger partial charge < -0.3 is 5.32 Å². The molecule has 114 valence electrons. The third-order valence-electron chi connectivity index (χ3n) is 2.97. The second kappa shape index (κ2) is 7.71. The summed E-state index contributed by atoms with van der Waals surface area (Å²) in [7, 11) is 0. The first-order valence-corrected chi connectivity index (χ1v) is 5.77. The SMILES string of the molecule is Cc1cccnc1CNC(=O)C1CC(F)(F)CN1.Cl.Cl. The molecule has 1 aromatic heterocycles. The number of halogens is 4. The Bertz CT molecular complexity index is 460. The minimum Gasteiger partial charge on any atom is -0.349 e. The van der Waals surface area contributed by atoms with Crippen LogP contribution in [0.3, 0.4) is 0 Å². The van der Waals surface area contributed by atoms with Gasteiger partial charge in [-0.2, -0.15) is 0 Å². The molecule has 1 amide bonds. The number of carbonyl (C=O) groups excluding carboxylic acids is 1. The molecule has 2 heterocycles. The van der Waals surface area contributed by atoms with Crippen LogP contribution in [0.4, 0.5) is 8.78 Å². The van der Waals surface area contributed by atoms with Crippen LogP contribution in [-0.2, 0) is 11.3 Å². The number of hydrogen-bond acceptors (Lipinski definition) is 3. The Labute approximate surface area is 128 Å². The summed E-state index contributed by atoms with van der Waals surface area (Å²) in [4.78, 5) is 15.8. The smallest absolute Gasteiger partial charge is 0.262 e. The van der Waals surface area contributed by atoms with Gasteiger partial charge >= 0.3 is 0 Å². The van der Waals surface area contributed by atoms with Gasteiger partial charge in [0.25, 0.3) is 5.92 Å². The van der Waals surface area contributed by atoms with Crippen molar-refractivity contribution >= 4 is 30.7 Å². The Hall–Kier alpha value is -0.980. The fourth-order valence-corrected chi connectivity index (χ4v) is 1.90. The molecule has 1 fully saturated rings. The number of nitrogens with zero attached hydrogens (tertiary/aromatic N) is 1. The summed E-state index contributed by atoms with van der Waals surface area (Å²) in [5.74, 6) is -3.19. The highest BCUT2D eigenvalue weighted by Crippen LogP contribution is 2.25. The maximum absolute atomic E-state index is 12.9. The van der Waals surface area contributed by atoms with Crippen LogP contribution in [0.25, 0.3) is 0 Å². The molecule has 2 rings (SSSR count). The predicted octanol–water partition coefficient (Wildman–Crippen LogP) is 1.85. The van der Waals surface area contributed by atoms with Gasteiger partial charge in [0.15, 0.2) is 0 Å². The molecule has 0 saturated carbocycles. The highest BCUT2D eigenvalue weighted by atomic mass is 35.5. The van der Waals surface area contributed by atoms with Crippen molar-refractivity contribution in [3.05, 3.63) is 29.6 Å². The Morgan fingerprint density at radius 1 is 1.55 bits per heavy atom. The van der Waals surface area contributed by atoms with Crippen LogP contribution in [0, 0.1) is 6.92 Å². The van der Waals surface area contributed by atoms with Crippen LogP contribution < -0.4 is 10.6 Å². The summed E-state index contributed by atoms with van der Waals surface area (Å²) in [5, 5.41) is 5.14. The number of alkyl halides is 2. The molecule has 1 saturated heterocycles. The molecule has 1 unspecified atom stereocenters. The summed E-state index contributed by atoms with van der Waals surface area (Å²) in [5.41, 5.74) is 1.71. The molecule has 1 aromatic rings. The molecule has 0 aliphatic carbocycles. The number of hydrogen-bond donors (Lipinski definition) is 2. The number of carbonyl (C=O) groups is 1. The zero-order chi connectivity index (χ0) is 13.2. The van der Waals surface area contributed by atoms with Crippen LogP contribution >= 0.6 is 24.8 Å². The molecular weight excluding hydrogens is 311 g/mol. The van der Waals surface area contributed by atoms with Crippen molar-refractivity contribution in [3.63, 3.8) is 0 Å². The third-order valence-corrected chi connectivity index (χ3v) is 2.97. The lowest BCUT2D eigenvalue weighted by molar-refractivity contribution is -0.123. The summed E-state index contributed by atoms with van der Waals surface area (Å²) >= 11 is 0. The van der Waals surface area contributed by atoms with Gasteiger partial charge in [0.2, 0.25) is 5.91 Å². The second-order valence-corrected chi connectivity index (χ2v) is 4.48. The quantitative estimate of drug-likeness (QED) is 0.890. The number of aryl methyl sites for hydroxylation is 1. The molecule has 0 aromatic carbocycles. The van der Waals surface area contributed by atoms with Crippen LogP contribution in [0.15, 0.2) is 18.3 Å². The normalized spacial score (nSPS) is 19.6. The molecule has 2 N–H and O–H groups in total. The first-order valence-electron chi connectivity index (χ1n) is 5.77. The van der Waals surface area contributed by atoms with Crippen LogP contribution in [0.5, 0.6) is 0 Å². The van der Waals surface area contributed by atoms with Crippen molar-refractivity contribution in [2.24, 2.45) is 0 Å². The highest BCUT2D eigenvalue weighted by Gasteiger charge is 2.42. The van der Waals surface area contributed by atoms with E-state index in [9.17, 15) is 13.6 Å². The largest absolute Gasteiger partial charge is 0.349 e. The topological polar surface area (TPSA) is 54.0 Å². The van der Waals surface area contributed by atoms with E-state index in [1.807, 2.05) is 13.0 Å². The summed E-state index contributed by atoms with van der Waals surface area (Å²) in [6.45, 7) is 1.71. The zero-order valence-corrected chi connectivity index (χ0v) is 12.5. The average molecular weight is 328 g/mol. The van der Waals surface area contributed by atoms with Crippen molar-refractivity contribution in [2.45, 2.75) is 31.9 Å². The lowest BCUT2D eigenvalue weighted by Crippen LogP contribution is -2.40. The number of aromatic nitrogens is 1. The Balaban J connectivity index is 0.00000180. The van der Waals surface area contributed by atoms with Gasteiger partial charge in [-0.05, 0) is 18.6 Å². The van der Waals surface area contributed by atoms with E-state index in [0.29, 0.717) is 0 Å². The summed E-state index contributed by atoms with van der Waals surface area (Å²) < 4.78 is 25.9. The fraction of sp³-hybridized carbons (Fsp3) is 0.500. The van der Waals surface area contributed by atoms with E-state index in [4.69, 9.17) is 0 Å². The molecule has 1 aliphatic heterocycles. The van der Waals surface area contributed by atoms with E-state index in [-0.39, 0.29) is 31.4 Å². The highest BCUT2D eigenvalue weighted by molar-refractivity contribution is 5.85. The molecule has 0 spiro atoms. The lowest BCUT2D eigenvalue weighted by atomic mass is 10.1. The van der Waals surface area contributed by atoms with Crippen LogP contribution in [-0.4, -0.2) is 29.4 Å². The van der Waals surface area contributed by atoms with Gasteiger partial charge in [0, 0.05) is 12.6 Å². The second-order valence-electron chi connectivity index (χ2n) is 4.48. The monoisotopic (exact) mass is 327 g/mol. The van der Waals surface area contributed by atoms with Gasteiger partial charge in [-0.1, -0.05) is 6.07 Å².